The number of methoxy groups -OCH3 is 1. The summed E-state index contributed by atoms with van der Waals surface area (Å²) in [6.07, 6.45) is 2.71. The van der Waals surface area contributed by atoms with E-state index in [0.29, 0.717) is 11.8 Å². The number of ether oxygens (including phenoxy) is 1. The number of nitrogens with one attached hydrogen (secondary N) is 1. The Morgan fingerprint density at radius 2 is 1.95 bits per heavy atom. The fraction of sp³-hybridized carbons (Fsp3) is 0.562. The van der Waals surface area contributed by atoms with Crippen molar-refractivity contribution >= 4 is 11.7 Å². The molecule has 1 N–H and O–H groups in total. The summed E-state index contributed by atoms with van der Waals surface area (Å²) in [6.45, 7) is 4.47. The SMILES string of the molecule is COC(=O)C1(Nc2ccccc2)CCC(C)C(C)C1. The topological polar surface area (TPSA) is 38.3 Å². The molecule has 1 aromatic rings. The van der Waals surface area contributed by atoms with E-state index < -0.39 is 5.54 Å². The van der Waals surface area contributed by atoms with E-state index in [-0.39, 0.29) is 5.97 Å². The number of para-hydroxylation sites is 1. The number of carbonyl (C=O) groups is 1. The monoisotopic (exact) mass is 261 g/mol. The lowest BCUT2D eigenvalue weighted by molar-refractivity contribution is -0.148. The highest BCUT2D eigenvalue weighted by molar-refractivity contribution is 5.84. The van der Waals surface area contributed by atoms with Crippen LogP contribution in [0.4, 0.5) is 5.69 Å². The van der Waals surface area contributed by atoms with E-state index in [1.165, 1.54) is 7.11 Å². The minimum Gasteiger partial charge on any atom is -0.467 e. The van der Waals surface area contributed by atoms with Crippen LogP contribution in [0.1, 0.15) is 33.1 Å². The Morgan fingerprint density at radius 3 is 2.53 bits per heavy atom. The van der Waals surface area contributed by atoms with Crippen molar-refractivity contribution < 1.29 is 9.53 Å². The third-order valence-corrected chi connectivity index (χ3v) is 4.40. The maximum atomic E-state index is 12.3. The Kier molecular flexibility index (Phi) is 4.13. The van der Waals surface area contributed by atoms with Gasteiger partial charge >= 0.3 is 5.97 Å². The molecule has 1 aliphatic rings. The quantitative estimate of drug-likeness (QED) is 0.847. The van der Waals surface area contributed by atoms with Gasteiger partial charge in [-0.1, -0.05) is 32.0 Å². The van der Waals surface area contributed by atoms with Crippen LogP contribution in [0, 0.1) is 11.8 Å². The molecule has 0 spiro atoms. The average molecular weight is 261 g/mol. The molecule has 0 radical (unpaired) electrons. The summed E-state index contributed by atoms with van der Waals surface area (Å²) in [5.74, 6) is 1.04. The number of benzene rings is 1. The van der Waals surface area contributed by atoms with Crippen LogP contribution in [0.15, 0.2) is 30.3 Å². The second kappa shape index (κ2) is 5.64. The highest BCUT2D eigenvalue weighted by atomic mass is 16.5. The molecule has 0 saturated heterocycles. The molecule has 104 valence electrons. The number of hydrogen-bond acceptors (Lipinski definition) is 3. The van der Waals surface area contributed by atoms with E-state index in [1.54, 1.807) is 0 Å². The van der Waals surface area contributed by atoms with E-state index in [0.717, 1.165) is 24.9 Å². The van der Waals surface area contributed by atoms with Crippen molar-refractivity contribution in [3.63, 3.8) is 0 Å². The van der Waals surface area contributed by atoms with Gasteiger partial charge in [0.05, 0.1) is 7.11 Å². The third kappa shape index (κ3) is 2.91. The lowest BCUT2D eigenvalue weighted by Crippen LogP contribution is -2.51. The van der Waals surface area contributed by atoms with Gasteiger partial charge < -0.3 is 10.1 Å². The predicted molar refractivity (Wildman–Crippen MR) is 77.0 cm³/mol. The molecular formula is C16H23NO2. The van der Waals surface area contributed by atoms with Crippen LogP contribution in [-0.2, 0) is 9.53 Å². The molecular weight excluding hydrogens is 238 g/mol. The lowest BCUT2D eigenvalue weighted by Gasteiger charge is -2.41. The number of esters is 1. The summed E-state index contributed by atoms with van der Waals surface area (Å²) in [5.41, 5.74) is 0.414. The van der Waals surface area contributed by atoms with Crippen molar-refractivity contribution in [2.24, 2.45) is 11.8 Å². The molecule has 3 atom stereocenters. The molecule has 0 bridgehead atoms. The van der Waals surface area contributed by atoms with Crippen LogP contribution >= 0.6 is 0 Å². The fourth-order valence-electron chi connectivity index (χ4n) is 2.95. The molecule has 3 heteroatoms. The van der Waals surface area contributed by atoms with Gasteiger partial charge in [0.1, 0.15) is 5.54 Å². The van der Waals surface area contributed by atoms with Gasteiger partial charge in [-0.05, 0) is 43.2 Å². The molecule has 19 heavy (non-hydrogen) atoms. The molecule has 2 rings (SSSR count). The van der Waals surface area contributed by atoms with Gasteiger partial charge in [-0.3, -0.25) is 0 Å². The van der Waals surface area contributed by atoms with Gasteiger partial charge in [-0.25, -0.2) is 4.79 Å². The Bertz CT molecular complexity index is 432. The van der Waals surface area contributed by atoms with Gasteiger partial charge in [-0.2, -0.15) is 0 Å². The maximum absolute atomic E-state index is 12.3. The van der Waals surface area contributed by atoms with Crippen LogP contribution in [0.3, 0.4) is 0 Å². The molecule has 0 heterocycles. The van der Waals surface area contributed by atoms with Crippen molar-refractivity contribution in [3.8, 4) is 0 Å². The van der Waals surface area contributed by atoms with Crippen molar-refractivity contribution in [2.75, 3.05) is 12.4 Å². The Morgan fingerprint density at radius 1 is 1.26 bits per heavy atom. The zero-order valence-electron chi connectivity index (χ0n) is 12.0. The van der Waals surface area contributed by atoms with Crippen LogP contribution in [0.5, 0.6) is 0 Å². The molecule has 0 aromatic heterocycles. The smallest absolute Gasteiger partial charge is 0.331 e. The first-order chi connectivity index (χ1) is 9.07. The van der Waals surface area contributed by atoms with E-state index in [2.05, 4.69) is 19.2 Å². The first kappa shape index (κ1) is 13.9. The largest absolute Gasteiger partial charge is 0.467 e. The van der Waals surface area contributed by atoms with Crippen LogP contribution < -0.4 is 5.32 Å². The van der Waals surface area contributed by atoms with Gasteiger partial charge in [0.15, 0.2) is 0 Å². The standard InChI is InChI=1S/C16H23NO2/c1-12-9-10-16(11-13(12)2,15(18)19-3)17-14-7-5-4-6-8-14/h4-8,12-13,17H,9-11H2,1-3H3. The Balaban J connectivity index is 2.23. The summed E-state index contributed by atoms with van der Waals surface area (Å²) in [7, 11) is 1.47. The van der Waals surface area contributed by atoms with Gasteiger partial charge in [-0.15, -0.1) is 0 Å². The second-order valence-electron chi connectivity index (χ2n) is 5.76. The summed E-state index contributed by atoms with van der Waals surface area (Å²) < 4.78 is 5.05. The van der Waals surface area contributed by atoms with Crippen LogP contribution in [-0.4, -0.2) is 18.6 Å². The number of anilines is 1. The highest BCUT2D eigenvalue weighted by Crippen LogP contribution is 2.39. The fourth-order valence-corrected chi connectivity index (χ4v) is 2.95. The highest BCUT2D eigenvalue weighted by Gasteiger charge is 2.44. The minimum atomic E-state index is -0.567. The first-order valence-electron chi connectivity index (χ1n) is 6.99. The summed E-state index contributed by atoms with van der Waals surface area (Å²) in [4.78, 5) is 12.3. The number of hydrogen-bond donors (Lipinski definition) is 1. The zero-order chi connectivity index (χ0) is 13.9. The number of carbonyl (C=O) groups excluding carboxylic acids is 1. The Hall–Kier alpha value is -1.51. The first-order valence-corrected chi connectivity index (χ1v) is 6.99. The van der Waals surface area contributed by atoms with Crippen LogP contribution in [0.2, 0.25) is 0 Å². The minimum absolute atomic E-state index is 0.143. The van der Waals surface area contributed by atoms with Gasteiger partial charge in [0.2, 0.25) is 0 Å². The second-order valence-corrected chi connectivity index (χ2v) is 5.76. The van der Waals surface area contributed by atoms with Crippen molar-refractivity contribution in [1.29, 1.82) is 0 Å². The molecule has 0 amide bonds. The molecule has 1 fully saturated rings. The maximum Gasteiger partial charge on any atom is 0.331 e. The van der Waals surface area contributed by atoms with Crippen molar-refractivity contribution in [3.05, 3.63) is 30.3 Å². The number of rotatable bonds is 3. The van der Waals surface area contributed by atoms with Crippen molar-refractivity contribution in [1.82, 2.24) is 0 Å². The lowest BCUT2D eigenvalue weighted by atomic mass is 9.71. The molecule has 3 nitrogen and oxygen atoms in total. The summed E-state index contributed by atoms with van der Waals surface area (Å²) in [6, 6.07) is 9.91. The summed E-state index contributed by atoms with van der Waals surface area (Å²) in [5, 5.41) is 3.42. The molecule has 3 unspecified atom stereocenters. The van der Waals surface area contributed by atoms with E-state index in [4.69, 9.17) is 4.74 Å². The van der Waals surface area contributed by atoms with Gasteiger partial charge in [0, 0.05) is 5.69 Å². The molecule has 1 aromatic carbocycles. The molecule has 0 aliphatic heterocycles. The van der Waals surface area contributed by atoms with E-state index in [1.807, 2.05) is 30.3 Å². The molecule has 1 saturated carbocycles. The zero-order valence-corrected chi connectivity index (χ0v) is 12.0. The molecule has 1 aliphatic carbocycles. The van der Waals surface area contributed by atoms with Crippen molar-refractivity contribution in [2.45, 2.75) is 38.6 Å². The van der Waals surface area contributed by atoms with Crippen LogP contribution in [0.25, 0.3) is 0 Å². The van der Waals surface area contributed by atoms with E-state index >= 15 is 0 Å². The van der Waals surface area contributed by atoms with E-state index in [9.17, 15) is 4.79 Å². The normalized spacial score (nSPS) is 30.7. The predicted octanol–water partition coefficient (Wildman–Crippen LogP) is 3.47. The Labute approximate surface area is 115 Å². The third-order valence-electron chi connectivity index (χ3n) is 4.40. The van der Waals surface area contributed by atoms with Gasteiger partial charge in [0.25, 0.3) is 0 Å². The average Bonchev–Trinajstić information content (AvgIpc) is 2.43. The summed E-state index contributed by atoms with van der Waals surface area (Å²) >= 11 is 0.